The van der Waals surface area contributed by atoms with Crippen molar-refractivity contribution in [2.45, 2.75) is 32.4 Å². The molecule has 7 nitrogen and oxygen atoms in total. The van der Waals surface area contributed by atoms with E-state index in [1.165, 1.54) is 0 Å². The van der Waals surface area contributed by atoms with Crippen LogP contribution in [0.2, 0.25) is 0 Å². The molecule has 0 fully saturated rings. The molecule has 0 aliphatic carbocycles. The Labute approximate surface area is 128 Å². The standard InChI is InChI=1S/C15H20N2O5/c1-2-3-9-22-15(21)17-12(10-13(18)19)16-14(20)11-7-5-4-6-8-11/h4-8,12H,2-3,9-10H2,1H3,(H,16,20)(H,17,21)(H,18,19). The zero-order chi connectivity index (χ0) is 16.4. The van der Waals surface area contributed by atoms with E-state index in [4.69, 9.17) is 9.84 Å². The van der Waals surface area contributed by atoms with Crippen molar-refractivity contribution in [3.63, 3.8) is 0 Å². The molecule has 0 aliphatic rings. The summed E-state index contributed by atoms with van der Waals surface area (Å²) in [4.78, 5) is 34.4. The third-order valence-corrected chi connectivity index (χ3v) is 2.74. The lowest BCUT2D eigenvalue weighted by Crippen LogP contribution is -2.49. The molecular weight excluding hydrogens is 288 g/mol. The van der Waals surface area contributed by atoms with E-state index >= 15 is 0 Å². The summed E-state index contributed by atoms with van der Waals surface area (Å²) < 4.78 is 4.89. The number of rotatable bonds is 8. The van der Waals surface area contributed by atoms with E-state index in [2.05, 4.69) is 10.6 Å². The number of carboxylic acids is 1. The van der Waals surface area contributed by atoms with Crippen LogP contribution in [0, 0.1) is 0 Å². The van der Waals surface area contributed by atoms with E-state index in [1.807, 2.05) is 6.92 Å². The number of unbranched alkanes of at least 4 members (excludes halogenated alkanes) is 1. The van der Waals surface area contributed by atoms with Crippen LogP contribution in [0.3, 0.4) is 0 Å². The Kier molecular flexibility index (Phi) is 7.45. The summed E-state index contributed by atoms with van der Waals surface area (Å²) in [5.41, 5.74) is 0.374. The van der Waals surface area contributed by atoms with Gasteiger partial charge in [0, 0.05) is 5.56 Å². The van der Waals surface area contributed by atoms with Crippen molar-refractivity contribution in [3.05, 3.63) is 35.9 Å². The summed E-state index contributed by atoms with van der Waals surface area (Å²) in [6.07, 6.45) is -0.654. The molecule has 0 saturated carbocycles. The van der Waals surface area contributed by atoms with E-state index in [1.54, 1.807) is 30.3 Å². The number of carbonyl (C=O) groups excluding carboxylic acids is 2. The third-order valence-electron chi connectivity index (χ3n) is 2.74. The SMILES string of the molecule is CCCCOC(=O)NC(CC(=O)O)NC(=O)c1ccccc1. The molecule has 22 heavy (non-hydrogen) atoms. The van der Waals surface area contributed by atoms with Crippen LogP contribution >= 0.6 is 0 Å². The number of hydrogen-bond donors (Lipinski definition) is 3. The van der Waals surface area contributed by atoms with Gasteiger partial charge in [-0.25, -0.2) is 4.79 Å². The molecule has 1 aromatic carbocycles. The van der Waals surface area contributed by atoms with Crippen molar-refractivity contribution < 1.29 is 24.2 Å². The van der Waals surface area contributed by atoms with Crippen molar-refractivity contribution in [1.29, 1.82) is 0 Å². The Morgan fingerprint density at radius 2 is 1.86 bits per heavy atom. The summed E-state index contributed by atoms with van der Waals surface area (Å²) in [6, 6.07) is 8.31. The van der Waals surface area contributed by atoms with Gasteiger partial charge in [0.2, 0.25) is 0 Å². The van der Waals surface area contributed by atoms with Crippen LogP contribution in [-0.2, 0) is 9.53 Å². The maximum absolute atomic E-state index is 12.0. The van der Waals surface area contributed by atoms with Gasteiger partial charge in [0.05, 0.1) is 13.0 Å². The number of aliphatic carboxylic acids is 1. The van der Waals surface area contributed by atoms with Crippen LogP contribution in [0.25, 0.3) is 0 Å². The molecular formula is C15H20N2O5. The minimum atomic E-state index is -1.15. The molecule has 0 radical (unpaired) electrons. The zero-order valence-electron chi connectivity index (χ0n) is 12.4. The Balaban J connectivity index is 2.58. The molecule has 0 saturated heterocycles. The Morgan fingerprint density at radius 3 is 2.45 bits per heavy atom. The van der Waals surface area contributed by atoms with Gasteiger partial charge in [0.15, 0.2) is 0 Å². The van der Waals surface area contributed by atoms with Crippen molar-refractivity contribution in [2.75, 3.05) is 6.61 Å². The number of benzene rings is 1. The monoisotopic (exact) mass is 308 g/mol. The normalized spacial score (nSPS) is 11.3. The predicted molar refractivity (Wildman–Crippen MR) is 79.3 cm³/mol. The second-order valence-corrected chi connectivity index (χ2v) is 4.62. The van der Waals surface area contributed by atoms with Crippen molar-refractivity contribution in [3.8, 4) is 0 Å². The third kappa shape index (κ3) is 6.74. The number of carbonyl (C=O) groups is 3. The minimum absolute atomic E-state index is 0.245. The number of hydrogen-bond acceptors (Lipinski definition) is 4. The molecule has 1 aromatic rings. The lowest BCUT2D eigenvalue weighted by Gasteiger charge is -2.18. The number of amides is 2. The fourth-order valence-corrected chi connectivity index (χ4v) is 1.64. The van der Waals surface area contributed by atoms with E-state index in [0.717, 1.165) is 6.42 Å². The first kappa shape index (κ1) is 17.5. The average molecular weight is 308 g/mol. The largest absolute Gasteiger partial charge is 0.481 e. The molecule has 0 aliphatic heterocycles. The average Bonchev–Trinajstić information content (AvgIpc) is 2.47. The first-order chi connectivity index (χ1) is 10.5. The fourth-order valence-electron chi connectivity index (χ4n) is 1.64. The van der Waals surface area contributed by atoms with E-state index in [9.17, 15) is 14.4 Å². The highest BCUT2D eigenvalue weighted by molar-refractivity contribution is 5.94. The van der Waals surface area contributed by atoms with Crippen molar-refractivity contribution in [2.24, 2.45) is 0 Å². The predicted octanol–water partition coefficient (Wildman–Crippen LogP) is 1.74. The number of ether oxygens (including phenoxy) is 1. The Bertz CT molecular complexity index is 504. The van der Waals surface area contributed by atoms with Gasteiger partial charge in [-0.15, -0.1) is 0 Å². The lowest BCUT2D eigenvalue weighted by atomic mass is 10.2. The van der Waals surface area contributed by atoms with Crippen LogP contribution in [0.4, 0.5) is 4.79 Å². The second-order valence-electron chi connectivity index (χ2n) is 4.62. The van der Waals surface area contributed by atoms with Crippen LogP contribution < -0.4 is 10.6 Å². The summed E-state index contributed by atoms with van der Waals surface area (Å²) in [6.45, 7) is 2.20. The molecule has 3 N–H and O–H groups in total. The van der Waals surface area contributed by atoms with Crippen molar-refractivity contribution in [1.82, 2.24) is 10.6 Å². The van der Waals surface area contributed by atoms with Crippen LogP contribution in [0.15, 0.2) is 30.3 Å². The molecule has 2 amide bonds. The highest BCUT2D eigenvalue weighted by Crippen LogP contribution is 2.00. The maximum Gasteiger partial charge on any atom is 0.408 e. The smallest absolute Gasteiger partial charge is 0.408 e. The van der Waals surface area contributed by atoms with Gasteiger partial charge in [0.1, 0.15) is 6.17 Å². The second kappa shape index (κ2) is 9.38. The van der Waals surface area contributed by atoms with Gasteiger partial charge in [0.25, 0.3) is 5.91 Å². The van der Waals surface area contributed by atoms with E-state index in [0.29, 0.717) is 12.0 Å². The molecule has 1 atom stereocenters. The van der Waals surface area contributed by atoms with Gasteiger partial charge >= 0.3 is 12.1 Å². The summed E-state index contributed by atoms with van der Waals surface area (Å²) in [5, 5.41) is 13.6. The van der Waals surface area contributed by atoms with Gasteiger partial charge in [-0.1, -0.05) is 31.5 Å². The van der Waals surface area contributed by atoms with Gasteiger partial charge in [-0.05, 0) is 18.6 Å². The number of carboxylic acid groups (broad SMARTS) is 1. The number of nitrogens with one attached hydrogen (secondary N) is 2. The molecule has 0 spiro atoms. The zero-order valence-corrected chi connectivity index (χ0v) is 12.4. The van der Waals surface area contributed by atoms with Crippen LogP contribution in [0.5, 0.6) is 0 Å². The van der Waals surface area contributed by atoms with Crippen molar-refractivity contribution >= 4 is 18.0 Å². The molecule has 0 heterocycles. The minimum Gasteiger partial charge on any atom is -0.481 e. The fraction of sp³-hybridized carbons (Fsp3) is 0.400. The Morgan fingerprint density at radius 1 is 1.18 bits per heavy atom. The Hall–Kier alpha value is -2.57. The topological polar surface area (TPSA) is 105 Å². The molecule has 0 aromatic heterocycles. The quantitative estimate of drug-likeness (QED) is 0.501. The molecule has 1 unspecified atom stereocenters. The van der Waals surface area contributed by atoms with E-state index < -0.39 is 30.6 Å². The molecule has 120 valence electrons. The van der Waals surface area contributed by atoms with Crippen LogP contribution in [0.1, 0.15) is 36.5 Å². The van der Waals surface area contributed by atoms with Gasteiger partial charge < -0.3 is 20.5 Å². The van der Waals surface area contributed by atoms with Gasteiger partial charge in [-0.3, -0.25) is 9.59 Å². The highest BCUT2D eigenvalue weighted by atomic mass is 16.5. The first-order valence-corrected chi connectivity index (χ1v) is 7.04. The summed E-state index contributed by atoms with van der Waals surface area (Å²) >= 11 is 0. The highest BCUT2D eigenvalue weighted by Gasteiger charge is 2.19. The molecule has 7 heteroatoms. The number of alkyl carbamates (subject to hydrolysis) is 1. The van der Waals surface area contributed by atoms with E-state index in [-0.39, 0.29) is 6.61 Å². The first-order valence-electron chi connectivity index (χ1n) is 7.04. The summed E-state index contributed by atoms with van der Waals surface area (Å²) in [7, 11) is 0. The summed E-state index contributed by atoms with van der Waals surface area (Å²) in [5.74, 6) is -1.62. The molecule has 1 rings (SSSR count). The lowest BCUT2D eigenvalue weighted by molar-refractivity contribution is -0.137. The van der Waals surface area contributed by atoms with Crippen LogP contribution in [-0.4, -0.2) is 35.8 Å². The molecule has 0 bridgehead atoms. The maximum atomic E-state index is 12.0. The van der Waals surface area contributed by atoms with Gasteiger partial charge in [-0.2, -0.15) is 0 Å².